The molecule has 0 amide bonds. The Morgan fingerprint density at radius 1 is 1.80 bits per heavy atom. The van der Waals surface area contributed by atoms with Crippen LogP contribution in [0, 0.1) is 0 Å². The standard InChI is InChI=1S/C6H9FO3/c1-3-4-6(2,7)10-5(8)9-4/h4H,3H2,1-2H3. The van der Waals surface area contributed by atoms with E-state index < -0.39 is 18.1 Å². The molecule has 10 heavy (non-hydrogen) atoms. The lowest BCUT2D eigenvalue weighted by Crippen LogP contribution is -2.30. The molecule has 1 heterocycles. The highest BCUT2D eigenvalue weighted by Crippen LogP contribution is 2.29. The minimum Gasteiger partial charge on any atom is -0.424 e. The van der Waals surface area contributed by atoms with Crippen molar-refractivity contribution >= 4 is 6.16 Å². The molecule has 0 radical (unpaired) electrons. The smallest absolute Gasteiger partial charge is 0.424 e. The van der Waals surface area contributed by atoms with Crippen LogP contribution in [-0.2, 0) is 9.47 Å². The second kappa shape index (κ2) is 2.11. The molecule has 0 saturated carbocycles. The van der Waals surface area contributed by atoms with Gasteiger partial charge in [-0.2, -0.15) is 4.39 Å². The van der Waals surface area contributed by atoms with Crippen molar-refractivity contribution in [1.82, 2.24) is 0 Å². The van der Waals surface area contributed by atoms with Gasteiger partial charge in [-0.1, -0.05) is 6.92 Å². The Bertz CT molecular complexity index is 155. The summed E-state index contributed by atoms with van der Waals surface area (Å²) in [7, 11) is 0. The van der Waals surface area contributed by atoms with Gasteiger partial charge in [0.2, 0.25) is 0 Å². The van der Waals surface area contributed by atoms with Crippen LogP contribution in [0.3, 0.4) is 0 Å². The van der Waals surface area contributed by atoms with Crippen LogP contribution in [0.2, 0.25) is 0 Å². The Balaban J connectivity index is 2.67. The van der Waals surface area contributed by atoms with E-state index in [-0.39, 0.29) is 0 Å². The molecule has 0 aliphatic carbocycles. The van der Waals surface area contributed by atoms with Crippen LogP contribution in [0.15, 0.2) is 0 Å². The topological polar surface area (TPSA) is 35.5 Å². The lowest BCUT2D eigenvalue weighted by Gasteiger charge is -2.14. The molecule has 1 saturated heterocycles. The number of hydrogen-bond acceptors (Lipinski definition) is 3. The first-order chi connectivity index (χ1) is 4.56. The van der Waals surface area contributed by atoms with Crippen LogP contribution in [-0.4, -0.2) is 18.1 Å². The molecule has 0 aromatic rings. The maximum Gasteiger partial charge on any atom is 0.511 e. The number of cyclic esters (lactones) is 2. The number of carbonyl (C=O) groups is 1. The van der Waals surface area contributed by atoms with Crippen molar-refractivity contribution in [2.24, 2.45) is 0 Å². The third-order valence-electron chi connectivity index (χ3n) is 1.47. The van der Waals surface area contributed by atoms with Crippen LogP contribution >= 0.6 is 0 Å². The molecule has 1 rings (SSSR count). The Morgan fingerprint density at radius 3 is 2.60 bits per heavy atom. The van der Waals surface area contributed by atoms with Gasteiger partial charge in [-0.25, -0.2) is 4.79 Å². The van der Waals surface area contributed by atoms with Gasteiger partial charge < -0.3 is 9.47 Å². The van der Waals surface area contributed by atoms with Crippen molar-refractivity contribution in [2.45, 2.75) is 32.2 Å². The monoisotopic (exact) mass is 148 g/mol. The normalized spacial score (nSPS) is 39.1. The number of carbonyl (C=O) groups excluding carboxylic acids is 1. The molecule has 2 atom stereocenters. The van der Waals surface area contributed by atoms with E-state index in [0.29, 0.717) is 6.42 Å². The fourth-order valence-corrected chi connectivity index (χ4v) is 0.922. The quantitative estimate of drug-likeness (QED) is 0.530. The Hall–Kier alpha value is -0.800. The highest BCUT2D eigenvalue weighted by Gasteiger charge is 2.47. The zero-order valence-electron chi connectivity index (χ0n) is 5.89. The van der Waals surface area contributed by atoms with E-state index in [2.05, 4.69) is 9.47 Å². The predicted octanol–water partition coefficient (Wildman–Crippen LogP) is 1.62. The van der Waals surface area contributed by atoms with Crippen molar-refractivity contribution in [3.05, 3.63) is 0 Å². The first-order valence-electron chi connectivity index (χ1n) is 3.15. The molecule has 0 aromatic heterocycles. The number of halogens is 1. The Morgan fingerprint density at radius 2 is 2.40 bits per heavy atom. The van der Waals surface area contributed by atoms with Gasteiger partial charge in [-0.05, 0) is 6.42 Å². The molecule has 3 nitrogen and oxygen atoms in total. The van der Waals surface area contributed by atoms with E-state index >= 15 is 0 Å². The van der Waals surface area contributed by atoms with Crippen LogP contribution in [0.5, 0.6) is 0 Å². The zero-order valence-corrected chi connectivity index (χ0v) is 5.89. The van der Waals surface area contributed by atoms with Gasteiger partial charge in [0.05, 0.1) is 0 Å². The molecular weight excluding hydrogens is 139 g/mol. The van der Waals surface area contributed by atoms with Gasteiger partial charge in [0.1, 0.15) is 0 Å². The molecule has 0 aromatic carbocycles. The number of ether oxygens (including phenoxy) is 2. The van der Waals surface area contributed by atoms with E-state index in [0.717, 1.165) is 0 Å². The Kier molecular flexibility index (Phi) is 1.54. The maximum absolute atomic E-state index is 13.0. The zero-order chi connectivity index (χ0) is 7.78. The van der Waals surface area contributed by atoms with Gasteiger partial charge in [0.25, 0.3) is 5.85 Å². The van der Waals surface area contributed by atoms with E-state index in [9.17, 15) is 9.18 Å². The van der Waals surface area contributed by atoms with Gasteiger partial charge in [0, 0.05) is 6.92 Å². The lowest BCUT2D eigenvalue weighted by molar-refractivity contribution is -0.0754. The lowest BCUT2D eigenvalue weighted by atomic mass is 10.1. The summed E-state index contributed by atoms with van der Waals surface area (Å²) in [6.07, 6.45) is -1.24. The summed E-state index contributed by atoms with van der Waals surface area (Å²) < 4.78 is 21.7. The number of alkyl halides is 1. The van der Waals surface area contributed by atoms with Crippen LogP contribution < -0.4 is 0 Å². The first kappa shape index (κ1) is 7.31. The molecule has 0 bridgehead atoms. The van der Waals surface area contributed by atoms with E-state index in [1.54, 1.807) is 6.92 Å². The summed E-state index contributed by atoms with van der Waals surface area (Å²) in [6.45, 7) is 2.91. The third kappa shape index (κ3) is 1.05. The molecule has 58 valence electrons. The fraction of sp³-hybridized carbons (Fsp3) is 0.833. The second-order valence-electron chi connectivity index (χ2n) is 2.35. The van der Waals surface area contributed by atoms with Gasteiger partial charge >= 0.3 is 6.16 Å². The average Bonchev–Trinajstić information content (AvgIpc) is 2.04. The number of hydrogen-bond donors (Lipinski definition) is 0. The summed E-state index contributed by atoms with van der Waals surface area (Å²) >= 11 is 0. The number of rotatable bonds is 1. The molecule has 1 aliphatic rings. The molecule has 0 N–H and O–H groups in total. The molecule has 1 aliphatic heterocycles. The summed E-state index contributed by atoms with van der Waals surface area (Å²) in [5.41, 5.74) is 0. The van der Waals surface area contributed by atoms with Gasteiger partial charge in [0.15, 0.2) is 6.10 Å². The summed E-state index contributed by atoms with van der Waals surface area (Å²) in [5, 5.41) is 0. The van der Waals surface area contributed by atoms with Crippen molar-refractivity contribution in [2.75, 3.05) is 0 Å². The maximum atomic E-state index is 13.0. The highest BCUT2D eigenvalue weighted by molar-refractivity contribution is 5.62. The Labute approximate surface area is 58.1 Å². The average molecular weight is 148 g/mol. The van der Waals surface area contributed by atoms with Crippen molar-refractivity contribution in [3.63, 3.8) is 0 Å². The predicted molar refractivity (Wildman–Crippen MR) is 31.2 cm³/mol. The van der Waals surface area contributed by atoms with E-state index in [1.807, 2.05) is 0 Å². The van der Waals surface area contributed by atoms with Crippen molar-refractivity contribution in [1.29, 1.82) is 0 Å². The molecule has 0 spiro atoms. The third-order valence-corrected chi connectivity index (χ3v) is 1.47. The van der Waals surface area contributed by atoms with Crippen LogP contribution in [0.1, 0.15) is 20.3 Å². The second-order valence-corrected chi connectivity index (χ2v) is 2.35. The first-order valence-corrected chi connectivity index (χ1v) is 3.15. The molecule has 4 heteroatoms. The highest BCUT2D eigenvalue weighted by atomic mass is 19.2. The van der Waals surface area contributed by atoms with E-state index in [1.165, 1.54) is 6.92 Å². The fourth-order valence-electron chi connectivity index (χ4n) is 0.922. The SMILES string of the molecule is CCC1OC(=O)OC1(C)F. The molecule has 1 fully saturated rings. The van der Waals surface area contributed by atoms with Gasteiger partial charge in [-0.3, -0.25) is 0 Å². The summed E-state index contributed by atoms with van der Waals surface area (Å²) in [4.78, 5) is 10.3. The van der Waals surface area contributed by atoms with Gasteiger partial charge in [-0.15, -0.1) is 0 Å². The molecular formula is C6H9FO3. The minimum atomic E-state index is -1.94. The van der Waals surface area contributed by atoms with Crippen LogP contribution in [0.4, 0.5) is 9.18 Å². The van der Waals surface area contributed by atoms with E-state index in [4.69, 9.17) is 0 Å². The van der Waals surface area contributed by atoms with Crippen molar-refractivity contribution < 1.29 is 18.7 Å². The summed E-state index contributed by atoms with van der Waals surface area (Å²) in [6, 6.07) is 0. The van der Waals surface area contributed by atoms with Crippen LogP contribution in [0.25, 0.3) is 0 Å². The summed E-state index contributed by atoms with van der Waals surface area (Å²) in [5.74, 6) is -1.94. The minimum absolute atomic E-state index is 0.429. The van der Waals surface area contributed by atoms with Crippen molar-refractivity contribution in [3.8, 4) is 0 Å². The molecule has 2 unspecified atom stereocenters. The largest absolute Gasteiger partial charge is 0.511 e.